The van der Waals surface area contributed by atoms with Crippen LogP contribution in [0.2, 0.25) is 5.02 Å². The van der Waals surface area contributed by atoms with E-state index in [1.807, 2.05) is 20.8 Å². The summed E-state index contributed by atoms with van der Waals surface area (Å²) < 4.78 is 19.5. The van der Waals surface area contributed by atoms with Crippen molar-refractivity contribution in [3.05, 3.63) is 28.5 Å². The molecule has 22 heavy (non-hydrogen) atoms. The summed E-state index contributed by atoms with van der Waals surface area (Å²) in [7, 11) is 0. The number of thiocarbonyl (C=S) groups is 1. The molecule has 0 aliphatic heterocycles. The predicted octanol–water partition coefficient (Wildman–Crippen LogP) is 4.76. The Balaban J connectivity index is 2.96. The molecule has 122 valence electrons. The molecule has 1 aromatic carbocycles. The van der Waals surface area contributed by atoms with Crippen LogP contribution in [0.4, 0.5) is 10.1 Å². The number of ether oxygens (including phenoxy) is 1. The molecular weight excluding hydrogens is 325 g/mol. The van der Waals surface area contributed by atoms with Gasteiger partial charge in [0, 0.05) is 17.4 Å². The maximum absolute atomic E-state index is 13.9. The molecule has 0 aromatic heterocycles. The number of hydrogen-bond donors (Lipinski definition) is 1. The summed E-state index contributed by atoms with van der Waals surface area (Å²) in [5.41, 5.74) is 0.297. The fraction of sp³-hybridized carbons (Fsp3) is 0.500. The van der Waals surface area contributed by atoms with Crippen molar-refractivity contribution in [3.63, 3.8) is 0 Å². The highest BCUT2D eigenvalue weighted by Gasteiger charge is 2.17. The molecule has 0 aliphatic carbocycles. The maximum Gasteiger partial charge on any atom is 0.227 e. The molecule has 0 saturated heterocycles. The van der Waals surface area contributed by atoms with Crippen LogP contribution in [0, 0.1) is 11.7 Å². The zero-order valence-electron chi connectivity index (χ0n) is 13.4. The molecule has 0 heterocycles. The second-order valence-electron chi connectivity index (χ2n) is 6.33. The van der Waals surface area contributed by atoms with Crippen LogP contribution in [-0.2, 0) is 16.0 Å². The lowest BCUT2D eigenvalue weighted by Crippen LogP contribution is -2.24. The Morgan fingerprint density at radius 1 is 1.41 bits per heavy atom. The van der Waals surface area contributed by atoms with Gasteiger partial charge < -0.3 is 10.1 Å². The summed E-state index contributed by atoms with van der Waals surface area (Å²) in [4.78, 5) is 11.7. The van der Waals surface area contributed by atoms with E-state index >= 15 is 0 Å². The molecular formula is C16H21ClFNO2S. The van der Waals surface area contributed by atoms with Crippen molar-refractivity contribution in [2.45, 2.75) is 46.6 Å². The molecule has 0 saturated carbocycles. The Hall–Kier alpha value is -1.20. The third-order valence-electron chi connectivity index (χ3n) is 2.67. The second kappa shape index (κ2) is 7.38. The Labute approximate surface area is 141 Å². The normalized spacial score (nSPS) is 11.5. The number of anilines is 1. The highest BCUT2D eigenvalue weighted by molar-refractivity contribution is 7.80. The number of carbonyl (C=O) groups excluding carboxylic acids is 1. The minimum absolute atomic E-state index is 0.0941. The molecule has 1 N–H and O–H groups in total. The highest BCUT2D eigenvalue weighted by Crippen LogP contribution is 2.26. The molecule has 0 bridgehead atoms. The molecule has 6 heteroatoms. The number of halogens is 2. The predicted molar refractivity (Wildman–Crippen MR) is 92.0 cm³/mol. The molecule has 0 unspecified atom stereocenters. The monoisotopic (exact) mass is 345 g/mol. The zero-order valence-corrected chi connectivity index (χ0v) is 15.0. The van der Waals surface area contributed by atoms with E-state index in [9.17, 15) is 9.18 Å². The Morgan fingerprint density at radius 2 is 2.00 bits per heavy atom. The number of nitrogens with one attached hydrogen (secondary N) is 1. The zero-order chi connectivity index (χ0) is 17.1. The minimum Gasteiger partial charge on any atom is -0.481 e. The summed E-state index contributed by atoms with van der Waals surface area (Å²) in [5.74, 6) is -1.09. The SMILES string of the molecule is CC(C)C(=O)Nc1cc(CC(=S)OC(C)(C)C)c(Cl)cc1F. The van der Waals surface area contributed by atoms with Gasteiger partial charge in [-0.3, -0.25) is 4.79 Å². The van der Waals surface area contributed by atoms with Crippen LogP contribution in [0.25, 0.3) is 0 Å². The van der Waals surface area contributed by atoms with Crippen molar-refractivity contribution in [3.8, 4) is 0 Å². The maximum atomic E-state index is 13.9. The standard InChI is InChI=1S/C16H21ClFNO2S/c1-9(2)15(20)19-13-6-10(11(17)8-12(13)18)7-14(22)21-16(3,4)5/h6,8-9H,7H2,1-5H3,(H,19,20). The lowest BCUT2D eigenvalue weighted by Gasteiger charge is -2.22. The van der Waals surface area contributed by atoms with Gasteiger partial charge in [-0.1, -0.05) is 25.4 Å². The van der Waals surface area contributed by atoms with E-state index in [0.717, 1.165) is 0 Å². The van der Waals surface area contributed by atoms with Crippen LogP contribution < -0.4 is 5.32 Å². The number of rotatable bonds is 4. The first-order valence-electron chi connectivity index (χ1n) is 7.00. The second-order valence-corrected chi connectivity index (χ2v) is 7.19. The van der Waals surface area contributed by atoms with Crippen LogP contribution in [0.5, 0.6) is 0 Å². The van der Waals surface area contributed by atoms with E-state index in [4.69, 9.17) is 28.6 Å². The van der Waals surface area contributed by atoms with Crippen LogP contribution in [-0.4, -0.2) is 16.6 Å². The lowest BCUT2D eigenvalue weighted by molar-refractivity contribution is -0.118. The van der Waals surface area contributed by atoms with E-state index in [2.05, 4.69) is 5.32 Å². The fourth-order valence-corrected chi connectivity index (χ4v) is 2.26. The Kier molecular flexibility index (Phi) is 6.32. The number of amides is 1. The van der Waals surface area contributed by atoms with E-state index in [1.54, 1.807) is 13.8 Å². The average Bonchev–Trinajstić information content (AvgIpc) is 2.32. The van der Waals surface area contributed by atoms with E-state index < -0.39 is 11.4 Å². The summed E-state index contributed by atoms with van der Waals surface area (Å²) >= 11 is 11.2. The van der Waals surface area contributed by atoms with Crippen LogP contribution in [0.1, 0.15) is 40.2 Å². The molecule has 0 aliphatic rings. The number of hydrogen-bond acceptors (Lipinski definition) is 3. The topological polar surface area (TPSA) is 38.3 Å². The van der Waals surface area contributed by atoms with Crippen LogP contribution in [0.3, 0.4) is 0 Å². The number of carbonyl (C=O) groups is 1. The van der Waals surface area contributed by atoms with E-state index in [-0.39, 0.29) is 29.0 Å². The van der Waals surface area contributed by atoms with E-state index in [1.165, 1.54) is 12.1 Å². The first-order valence-corrected chi connectivity index (χ1v) is 7.79. The van der Waals surface area contributed by atoms with E-state index in [0.29, 0.717) is 10.6 Å². The van der Waals surface area contributed by atoms with Gasteiger partial charge in [-0.05, 0) is 50.7 Å². The van der Waals surface area contributed by atoms with Crippen molar-refractivity contribution < 1.29 is 13.9 Å². The van der Waals surface area contributed by atoms with Gasteiger partial charge in [0.15, 0.2) is 5.05 Å². The molecule has 1 aromatic rings. The van der Waals surface area contributed by atoms with Crippen LogP contribution in [0.15, 0.2) is 12.1 Å². The Bertz CT molecular complexity index is 582. The van der Waals surface area contributed by atoms with Crippen molar-refractivity contribution in [1.29, 1.82) is 0 Å². The highest BCUT2D eigenvalue weighted by atomic mass is 35.5. The Morgan fingerprint density at radius 3 is 2.50 bits per heavy atom. The first kappa shape index (κ1) is 18.8. The van der Waals surface area contributed by atoms with Crippen molar-refractivity contribution >= 4 is 40.5 Å². The summed E-state index contributed by atoms with van der Waals surface area (Å²) in [6.07, 6.45) is 0.274. The largest absolute Gasteiger partial charge is 0.481 e. The van der Waals surface area contributed by atoms with Gasteiger partial charge in [0.05, 0.1) is 5.69 Å². The van der Waals surface area contributed by atoms with Crippen LogP contribution >= 0.6 is 23.8 Å². The molecule has 0 spiro atoms. The van der Waals surface area contributed by atoms with Gasteiger partial charge in [-0.25, -0.2) is 4.39 Å². The van der Waals surface area contributed by atoms with Gasteiger partial charge in [-0.15, -0.1) is 0 Å². The summed E-state index contributed by atoms with van der Waals surface area (Å²) in [6.45, 7) is 9.13. The molecule has 0 fully saturated rings. The van der Waals surface area contributed by atoms with Gasteiger partial charge in [0.25, 0.3) is 0 Å². The smallest absolute Gasteiger partial charge is 0.227 e. The quantitative estimate of drug-likeness (QED) is 0.799. The summed E-state index contributed by atoms with van der Waals surface area (Å²) in [5, 5.41) is 3.16. The van der Waals surface area contributed by atoms with Crippen molar-refractivity contribution in [2.75, 3.05) is 5.32 Å². The molecule has 0 atom stereocenters. The van der Waals surface area contributed by atoms with Crippen molar-refractivity contribution in [1.82, 2.24) is 0 Å². The number of benzene rings is 1. The van der Waals surface area contributed by atoms with Gasteiger partial charge in [0.1, 0.15) is 11.4 Å². The minimum atomic E-state index is -0.578. The molecule has 1 rings (SSSR count). The third-order valence-corrected chi connectivity index (χ3v) is 3.25. The fourth-order valence-electron chi connectivity index (χ4n) is 1.64. The molecule has 1 amide bonds. The average molecular weight is 346 g/mol. The lowest BCUT2D eigenvalue weighted by atomic mass is 10.1. The van der Waals surface area contributed by atoms with Gasteiger partial charge in [0.2, 0.25) is 5.91 Å². The first-order chi connectivity index (χ1) is 9.99. The van der Waals surface area contributed by atoms with Crippen molar-refractivity contribution in [2.24, 2.45) is 5.92 Å². The summed E-state index contributed by atoms with van der Waals surface area (Å²) in [6, 6.07) is 2.67. The van der Waals surface area contributed by atoms with Gasteiger partial charge in [-0.2, -0.15) is 0 Å². The molecule has 0 radical (unpaired) electrons. The van der Waals surface area contributed by atoms with Gasteiger partial charge >= 0.3 is 0 Å². The third kappa shape index (κ3) is 5.89. The molecule has 3 nitrogen and oxygen atoms in total.